The summed E-state index contributed by atoms with van der Waals surface area (Å²) in [4.78, 5) is 39.5. The standard InChI is InChI=1S/C18H24N4O3/c1-2-18(14-9-5-3-6-10-14)16(24)22(17(25)19-18)20-15(23)13-21-11-7-4-8-12-21/h3,5-6,9-10H,2,4,7-8,11-13H2,1H3,(H,19,25)(H,20,23)/t18-/m0/s1. The fraction of sp³-hybridized carbons (Fsp3) is 0.500. The molecule has 2 aliphatic heterocycles. The molecule has 0 aromatic heterocycles. The molecule has 7 heteroatoms. The van der Waals surface area contributed by atoms with Gasteiger partial charge >= 0.3 is 6.03 Å². The number of likely N-dealkylation sites (tertiary alicyclic amines) is 1. The molecule has 1 atom stereocenters. The third kappa shape index (κ3) is 3.37. The molecule has 3 rings (SSSR count). The van der Waals surface area contributed by atoms with E-state index in [2.05, 4.69) is 10.7 Å². The molecular weight excluding hydrogens is 320 g/mol. The number of hydrazine groups is 1. The van der Waals surface area contributed by atoms with Crippen molar-refractivity contribution in [2.45, 2.75) is 38.1 Å². The molecule has 0 saturated carbocycles. The van der Waals surface area contributed by atoms with Crippen LogP contribution >= 0.6 is 0 Å². The van der Waals surface area contributed by atoms with Crippen molar-refractivity contribution in [2.75, 3.05) is 19.6 Å². The normalized spacial score (nSPS) is 24.3. The Morgan fingerprint density at radius 2 is 1.84 bits per heavy atom. The number of benzene rings is 1. The van der Waals surface area contributed by atoms with Gasteiger partial charge in [-0.15, -0.1) is 0 Å². The predicted molar refractivity (Wildman–Crippen MR) is 92.2 cm³/mol. The first-order valence-electron chi connectivity index (χ1n) is 8.81. The van der Waals surface area contributed by atoms with Crippen molar-refractivity contribution in [1.82, 2.24) is 20.7 Å². The third-order valence-electron chi connectivity index (χ3n) is 4.94. The highest BCUT2D eigenvalue weighted by Gasteiger charge is 2.52. The summed E-state index contributed by atoms with van der Waals surface area (Å²) >= 11 is 0. The molecule has 0 unspecified atom stereocenters. The third-order valence-corrected chi connectivity index (χ3v) is 4.94. The first-order chi connectivity index (χ1) is 12.1. The molecule has 7 nitrogen and oxygen atoms in total. The molecule has 134 valence electrons. The molecule has 1 aromatic carbocycles. The van der Waals surface area contributed by atoms with Crippen LogP contribution in [0.2, 0.25) is 0 Å². The second-order valence-corrected chi connectivity index (χ2v) is 6.57. The molecular formula is C18H24N4O3. The van der Waals surface area contributed by atoms with E-state index >= 15 is 0 Å². The van der Waals surface area contributed by atoms with E-state index in [1.165, 1.54) is 6.42 Å². The maximum atomic E-state index is 12.9. The molecule has 2 N–H and O–H groups in total. The van der Waals surface area contributed by atoms with Crippen LogP contribution in [0.4, 0.5) is 4.79 Å². The molecule has 0 bridgehead atoms. The van der Waals surface area contributed by atoms with Crippen LogP contribution < -0.4 is 10.7 Å². The number of nitrogens with one attached hydrogen (secondary N) is 2. The van der Waals surface area contributed by atoms with E-state index in [-0.39, 0.29) is 12.5 Å². The quantitative estimate of drug-likeness (QED) is 0.790. The zero-order chi connectivity index (χ0) is 17.9. The van der Waals surface area contributed by atoms with Crippen LogP contribution in [0.3, 0.4) is 0 Å². The van der Waals surface area contributed by atoms with Crippen molar-refractivity contribution in [3.8, 4) is 0 Å². The lowest BCUT2D eigenvalue weighted by atomic mass is 9.87. The van der Waals surface area contributed by atoms with Crippen molar-refractivity contribution < 1.29 is 14.4 Å². The van der Waals surface area contributed by atoms with E-state index in [4.69, 9.17) is 0 Å². The van der Waals surface area contributed by atoms with E-state index in [0.717, 1.165) is 30.9 Å². The predicted octanol–water partition coefficient (Wildman–Crippen LogP) is 1.36. The highest BCUT2D eigenvalue weighted by molar-refractivity contribution is 6.08. The number of urea groups is 1. The average Bonchev–Trinajstić information content (AvgIpc) is 2.88. The van der Waals surface area contributed by atoms with Crippen LogP contribution in [-0.4, -0.2) is 47.4 Å². The van der Waals surface area contributed by atoms with E-state index in [0.29, 0.717) is 12.0 Å². The Kier molecular flexibility index (Phi) is 5.03. The van der Waals surface area contributed by atoms with E-state index in [1.54, 1.807) is 12.1 Å². The van der Waals surface area contributed by atoms with Gasteiger partial charge in [-0.3, -0.25) is 19.9 Å². The van der Waals surface area contributed by atoms with Crippen LogP contribution in [-0.2, 0) is 15.1 Å². The molecule has 2 aliphatic rings. The van der Waals surface area contributed by atoms with Gasteiger partial charge in [-0.25, -0.2) is 4.79 Å². The summed E-state index contributed by atoms with van der Waals surface area (Å²) in [5.41, 5.74) is 2.06. The highest BCUT2D eigenvalue weighted by Crippen LogP contribution is 2.31. The second-order valence-electron chi connectivity index (χ2n) is 6.57. The number of nitrogens with zero attached hydrogens (tertiary/aromatic N) is 2. The monoisotopic (exact) mass is 344 g/mol. The Balaban J connectivity index is 1.71. The molecule has 0 radical (unpaired) electrons. The van der Waals surface area contributed by atoms with Gasteiger partial charge in [-0.1, -0.05) is 43.7 Å². The van der Waals surface area contributed by atoms with Crippen LogP contribution in [0.15, 0.2) is 30.3 Å². The van der Waals surface area contributed by atoms with Gasteiger partial charge < -0.3 is 5.32 Å². The number of hydrogen-bond donors (Lipinski definition) is 2. The SMILES string of the molecule is CC[C@@]1(c2ccccc2)NC(=O)N(NC(=O)CN2CCCCC2)C1=O. The first kappa shape index (κ1) is 17.4. The second kappa shape index (κ2) is 7.23. The van der Waals surface area contributed by atoms with Gasteiger partial charge in [-0.2, -0.15) is 5.01 Å². The lowest BCUT2D eigenvalue weighted by Gasteiger charge is -2.27. The Bertz CT molecular complexity index is 658. The van der Waals surface area contributed by atoms with Crippen molar-refractivity contribution >= 4 is 17.8 Å². The Hall–Kier alpha value is -2.41. The Morgan fingerprint density at radius 1 is 1.16 bits per heavy atom. The van der Waals surface area contributed by atoms with Crippen molar-refractivity contribution in [1.29, 1.82) is 0 Å². The van der Waals surface area contributed by atoms with Gasteiger partial charge in [0.1, 0.15) is 5.54 Å². The number of piperidine rings is 1. The summed E-state index contributed by atoms with van der Waals surface area (Å²) < 4.78 is 0. The molecule has 2 fully saturated rings. The van der Waals surface area contributed by atoms with Crippen molar-refractivity contribution in [3.63, 3.8) is 0 Å². The maximum Gasteiger partial charge on any atom is 0.344 e. The van der Waals surface area contributed by atoms with Gasteiger partial charge in [0.25, 0.3) is 11.8 Å². The Morgan fingerprint density at radius 3 is 2.48 bits per heavy atom. The number of imide groups is 1. The zero-order valence-corrected chi connectivity index (χ0v) is 14.5. The van der Waals surface area contributed by atoms with Crippen molar-refractivity contribution in [2.24, 2.45) is 0 Å². The summed E-state index contributed by atoms with van der Waals surface area (Å²) in [6.07, 6.45) is 3.73. The summed E-state index contributed by atoms with van der Waals surface area (Å²) in [5.74, 6) is -0.788. The molecule has 4 amide bonds. The van der Waals surface area contributed by atoms with Crippen molar-refractivity contribution in [3.05, 3.63) is 35.9 Å². The van der Waals surface area contributed by atoms with E-state index in [1.807, 2.05) is 30.0 Å². The summed E-state index contributed by atoms with van der Waals surface area (Å²) in [6.45, 7) is 3.78. The molecule has 25 heavy (non-hydrogen) atoms. The topological polar surface area (TPSA) is 81.8 Å². The molecule has 2 saturated heterocycles. The van der Waals surface area contributed by atoms with Crippen LogP contribution in [0, 0.1) is 0 Å². The van der Waals surface area contributed by atoms with Gasteiger partial charge in [0, 0.05) is 0 Å². The lowest BCUT2D eigenvalue weighted by Crippen LogP contribution is -2.51. The first-order valence-corrected chi connectivity index (χ1v) is 8.81. The molecule has 2 heterocycles. The zero-order valence-electron chi connectivity index (χ0n) is 14.5. The summed E-state index contributed by atoms with van der Waals surface area (Å²) in [6, 6.07) is 8.52. The minimum absolute atomic E-state index is 0.196. The minimum Gasteiger partial charge on any atom is -0.318 e. The van der Waals surface area contributed by atoms with E-state index < -0.39 is 17.5 Å². The highest BCUT2D eigenvalue weighted by atomic mass is 16.2. The number of carbonyl (C=O) groups is 3. The van der Waals surface area contributed by atoms with Crippen LogP contribution in [0.5, 0.6) is 0 Å². The van der Waals surface area contributed by atoms with Gasteiger partial charge in [0.15, 0.2) is 0 Å². The van der Waals surface area contributed by atoms with Gasteiger partial charge in [0.2, 0.25) is 0 Å². The number of hydrogen-bond acceptors (Lipinski definition) is 4. The molecule has 0 aliphatic carbocycles. The maximum absolute atomic E-state index is 12.9. The number of carbonyl (C=O) groups excluding carboxylic acids is 3. The number of amides is 4. The summed E-state index contributed by atoms with van der Waals surface area (Å²) in [7, 11) is 0. The van der Waals surface area contributed by atoms with Gasteiger partial charge in [-0.05, 0) is 37.9 Å². The Labute approximate surface area is 147 Å². The van der Waals surface area contributed by atoms with Gasteiger partial charge in [0.05, 0.1) is 6.54 Å². The fourth-order valence-corrected chi connectivity index (χ4v) is 3.52. The molecule has 1 aromatic rings. The largest absolute Gasteiger partial charge is 0.344 e. The number of rotatable bonds is 5. The lowest BCUT2D eigenvalue weighted by molar-refractivity contribution is -0.140. The smallest absolute Gasteiger partial charge is 0.318 e. The molecule has 0 spiro atoms. The average molecular weight is 344 g/mol. The van der Waals surface area contributed by atoms with Crippen LogP contribution in [0.1, 0.15) is 38.2 Å². The van der Waals surface area contributed by atoms with Crippen LogP contribution in [0.25, 0.3) is 0 Å². The summed E-state index contributed by atoms with van der Waals surface area (Å²) in [5, 5.41) is 3.57. The minimum atomic E-state index is -1.13. The van der Waals surface area contributed by atoms with E-state index in [9.17, 15) is 14.4 Å². The fourth-order valence-electron chi connectivity index (χ4n) is 3.52.